The van der Waals surface area contributed by atoms with Crippen molar-refractivity contribution in [3.63, 3.8) is 0 Å². The van der Waals surface area contributed by atoms with E-state index >= 15 is 0 Å². The third-order valence-electron chi connectivity index (χ3n) is 3.89. The normalized spacial score (nSPS) is 10.9. The number of halogens is 1. The third kappa shape index (κ3) is 4.77. The first-order chi connectivity index (χ1) is 11.4. The molecule has 0 fully saturated rings. The number of benzene rings is 1. The summed E-state index contributed by atoms with van der Waals surface area (Å²) < 4.78 is 2.20. The molecule has 4 nitrogen and oxygen atoms in total. The first kappa shape index (κ1) is 18.9. The molecule has 0 bridgehead atoms. The molecule has 0 saturated heterocycles. The Labute approximate surface area is 153 Å². The number of anilines is 1. The molecular weight excluding hydrogens is 342 g/mol. The van der Waals surface area contributed by atoms with E-state index in [4.69, 9.17) is 11.6 Å². The fraction of sp³-hybridized carbons (Fsp3) is 0.444. The second-order valence-electron chi connectivity index (χ2n) is 5.89. The van der Waals surface area contributed by atoms with Crippen LogP contribution in [0.3, 0.4) is 0 Å². The maximum absolute atomic E-state index is 12.2. The van der Waals surface area contributed by atoms with Crippen molar-refractivity contribution in [3.8, 4) is 0 Å². The Balaban J connectivity index is 2.00. The molecule has 1 heterocycles. The molecule has 24 heavy (non-hydrogen) atoms. The van der Waals surface area contributed by atoms with Gasteiger partial charge >= 0.3 is 0 Å². The molecule has 0 unspecified atom stereocenters. The highest BCUT2D eigenvalue weighted by Gasteiger charge is 2.13. The zero-order chi connectivity index (χ0) is 17.7. The summed E-state index contributed by atoms with van der Waals surface area (Å²) in [5, 5.41) is 4.33. The molecule has 6 heteroatoms. The van der Waals surface area contributed by atoms with Gasteiger partial charge in [-0.2, -0.15) is 0 Å². The van der Waals surface area contributed by atoms with Crippen molar-refractivity contribution in [1.29, 1.82) is 0 Å². The number of aromatic nitrogens is 2. The Morgan fingerprint density at radius 1 is 1.33 bits per heavy atom. The number of unbranched alkanes of at least 4 members (excludes halogenated alkanes) is 1. The Morgan fingerprint density at radius 2 is 2.08 bits per heavy atom. The summed E-state index contributed by atoms with van der Waals surface area (Å²) in [7, 11) is 0. The lowest BCUT2D eigenvalue weighted by molar-refractivity contribution is -0.113. The van der Waals surface area contributed by atoms with Gasteiger partial charge in [0.05, 0.1) is 22.2 Å². The molecule has 130 valence electrons. The number of imidazole rings is 1. The molecule has 2 rings (SSSR count). The minimum atomic E-state index is -0.0777. The summed E-state index contributed by atoms with van der Waals surface area (Å²) in [5.41, 5.74) is 3.91. The number of carbonyl (C=O) groups excluding carboxylic acids is 1. The lowest BCUT2D eigenvalue weighted by Gasteiger charge is -2.10. The summed E-state index contributed by atoms with van der Waals surface area (Å²) in [4.78, 5) is 16.8. The van der Waals surface area contributed by atoms with E-state index in [1.165, 1.54) is 17.5 Å². The number of thioether (sulfide) groups is 1. The monoisotopic (exact) mass is 365 g/mol. The molecule has 0 spiro atoms. The van der Waals surface area contributed by atoms with Crippen molar-refractivity contribution in [2.45, 2.75) is 52.2 Å². The van der Waals surface area contributed by atoms with Crippen molar-refractivity contribution >= 4 is 35.0 Å². The topological polar surface area (TPSA) is 46.9 Å². The van der Waals surface area contributed by atoms with Gasteiger partial charge in [0.1, 0.15) is 0 Å². The molecular formula is C18H24ClN3OS. The molecule has 0 atom stereocenters. The van der Waals surface area contributed by atoms with Gasteiger partial charge in [0.2, 0.25) is 5.91 Å². The Bertz CT molecular complexity index is 727. The molecule has 0 aliphatic heterocycles. The van der Waals surface area contributed by atoms with E-state index in [0.29, 0.717) is 16.5 Å². The predicted octanol–water partition coefficient (Wildman–Crippen LogP) is 4.99. The van der Waals surface area contributed by atoms with Gasteiger partial charge < -0.3 is 9.88 Å². The molecule has 1 aromatic heterocycles. The van der Waals surface area contributed by atoms with Crippen LogP contribution in [0.15, 0.2) is 23.4 Å². The standard InChI is InChI=1S/C18H24ClN3OS/c1-5-6-9-22-14(4)13(3)20-18(22)24-11-17(23)21-16-8-7-12(2)10-15(16)19/h7-8,10H,5-6,9,11H2,1-4H3,(H,21,23). The maximum Gasteiger partial charge on any atom is 0.234 e. The van der Waals surface area contributed by atoms with Gasteiger partial charge in [-0.25, -0.2) is 4.98 Å². The molecule has 1 amide bonds. The first-order valence-corrected chi connectivity index (χ1v) is 9.51. The van der Waals surface area contributed by atoms with E-state index in [0.717, 1.165) is 35.8 Å². The van der Waals surface area contributed by atoms with Crippen molar-refractivity contribution in [2.75, 3.05) is 11.1 Å². The van der Waals surface area contributed by atoms with Gasteiger partial charge in [-0.05, 0) is 44.9 Å². The van der Waals surface area contributed by atoms with Crippen LogP contribution in [0.25, 0.3) is 0 Å². The quantitative estimate of drug-likeness (QED) is 0.703. The van der Waals surface area contributed by atoms with Crippen LogP contribution in [-0.4, -0.2) is 21.2 Å². The van der Waals surface area contributed by atoms with E-state index in [9.17, 15) is 4.79 Å². The van der Waals surface area contributed by atoms with E-state index in [2.05, 4.69) is 28.7 Å². The smallest absolute Gasteiger partial charge is 0.234 e. The SMILES string of the molecule is CCCCn1c(SCC(=O)Nc2ccc(C)cc2Cl)nc(C)c1C. The first-order valence-electron chi connectivity index (χ1n) is 8.15. The number of aryl methyl sites for hydroxylation is 2. The molecule has 1 aromatic carbocycles. The van der Waals surface area contributed by atoms with E-state index < -0.39 is 0 Å². The molecule has 0 aliphatic rings. The molecule has 1 N–H and O–H groups in total. The van der Waals surface area contributed by atoms with Crippen LogP contribution in [0.1, 0.15) is 36.7 Å². The molecule has 0 radical (unpaired) electrons. The minimum absolute atomic E-state index is 0.0777. The summed E-state index contributed by atoms with van der Waals surface area (Å²) in [5.74, 6) is 0.234. The van der Waals surface area contributed by atoms with Crippen LogP contribution >= 0.6 is 23.4 Å². The Hall–Kier alpha value is -1.46. The lowest BCUT2D eigenvalue weighted by atomic mass is 10.2. The van der Waals surface area contributed by atoms with Gasteiger partial charge in [-0.1, -0.05) is 42.8 Å². The fourth-order valence-corrected chi connectivity index (χ4v) is 3.55. The van der Waals surface area contributed by atoms with Crippen LogP contribution in [0.2, 0.25) is 5.02 Å². The molecule has 0 aliphatic carbocycles. The Morgan fingerprint density at radius 3 is 2.75 bits per heavy atom. The minimum Gasteiger partial charge on any atom is -0.324 e. The van der Waals surface area contributed by atoms with Crippen molar-refractivity contribution in [3.05, 3.63) is 40.2 Å². The van der Waals surface area contributed by atoms with Crippen molar-refractivity contribution in [1.82, 2.24) is 9.55 Å². The lowest BCUT2D eigenvalue weighted by Crippen LogP contribution is -2.15. The Kier molecular flexibility index (Phi) is 6.75. The zero-order valence-corrected chi connectivity index (χ0v) is 16.2. The summed E-state index contributed by atoms with van der Waals surface area (Å²) >= 11 is 7.62. The number of nitrogens with one attached hydrogen (secondary N) is 1. The largest absolute Gasteiger partial charge is 0.324 e. The number of carbonyl (C=O) groups is 1. The number of nitrogens with zero attached hydrogens (tertiary/aromatic N) is 2. The van der Waals surface area contributed by atoms with Gasteiger partial charge in [0.25, 0.3) is 0 Å². The highest BCUT2D eigenvalue weighted by Crippen LogP contribution is 2.25. The second kappa shape index (κ2) is 8.58. The summed E-state index contributed by atoms with van der Waals surface area (Å²) in [6.07, 6.45) is 2.24. The molecule has 0 saturated carbocycles. The van der Waals surface area contributed by atoms with Gasteiger partial charge in [0, 0.05) is 12.2 Å². The van der Waals surface area contributed by atoms with Crippen LogP contribution in [-0.2, 0) is 11.3 Å². The van der Waals surface area contributed by atoms with Crippen LogP contribution in [0.5, 0.6) is 0 Å². The summed E-state index contributed by atoms with van der Waals surface area (Å²) in [6, 6.07) is 5.60. The molecule has 2 aromatic rings. The number of hydrogen-bond acceptors (Lipinski definition) is 3. The second-order valence-corrected chi connectivity index (χ2v) is 7.24. The average molecular weight is 366 g/mol. The highest BCUT2D eigenvalue weighted by molar-refractivity contribution is 7.99. The van der Waals surface area contributed by atoms with Crippen LogP contribution in [0, 0.1) is 20.8 Å². The van der Waals surface area contributed by atoms with Crippen LogP contribution in [0.4, 0.5) is 5.69 Å². The number of amides is 1. The third-order valence-corrected chi connectivity index (χ3v) is 5.18. The average Bonchev–Trinajstić information content (AvgIpc) is 2.80. The summed E-state index contributed by atoms with van der Waals surface area (Å²) in [6.45, 7) is 9.16. The van der Waals surface area contributed by atoms with E-state index in [-0.39, 0.29) is 5.91 Å². The van der Waals surface area contributed by atoms with Gasteiger partial charge in [-0.15, -0.1) is 0 Å². The predicted molar refractivity (Wildman–Crippen MR) is 102 cm³/mol. The highest BCUT2D eigenvalue weighted by atomic mass is 35.5. The maximum atomic E-state index is 12.2. The van der Waals surface area contributed by atoms with Crippen molar-refractivity contribution in [2.24, 2.45) is 0 Å². The van der Waals surface area contributed by atoms with E-state index in [1.807, 2.05) is 32.0 Å². The fourth-order valence-electron chi connectivity index (χ4n) is 2.35. The van der Waals surface area contributed by atoms with E-state index in [1.54, 1.807) is 0 Å². The van der Waals surface area contributed by atoms with Crippen molar-refractivity contribution < 1.29 is 4.79 Å². The number of hydrogen-bond donors (Lipinski definition) is 1. The number of rotatable bonds is 7. The van der Waals surface area contributed by atoms with Crippen LogP contribution < -0.4 is 5.32 Å². The van der Waals surface area contributed by atoms with Gasteiger partial charge in [-0.3, -0.25) is 4.79 Å². The zero-order valence-electron chi connectivity index (χ0n) is 14.6. The van der Waals surface area contributed by atoms with Gasteiger partial charge in [0.15, 0.2) is 5.16 Å².